The van der Waals surface area contributed by atoms with Crippen LogP contribution in [-0.4, -0.2) is 49.1 Å². The van der Waals surface area contributed by atoms with Crippen molar-refractivity contribution in [3.05, 3.63) is 24.2 Å². The van der Waals surface area contributed by atoms with Crippen molar-refractivity contribution in [2.45, 2.75) is 25.9 Å². The minimum atomic E-state index is 0.537. The van der Waals surface area contributed by atoms with E-state index in [4.69, 9.17) is 10.2 Å². The maximum Gasteiger partial charge on any atom is 0.117 e. The van der Waals surface area contributed by atoms with Crippen molar-refractivity contribution in [1.82, 2.24) is 9.80 Å². The molecule has 102 valence electrons. The smallest absolute Gasteiger partial charge is 0.117 e. The molecule has 0 amide bonds. The Kier molecular flexibility index (Phi) is 4.80. The fourth-order valence-electron chi connectivity index (χ4n) is 2.95. The minimum absolute atomic E-state index is 0.537. The third-order valence-electron chi connectivity index (χ3n) is 3.65. The molecular weight excluding hydrogens is 226 g/mol. The zero-order chi connectivity index (χ0) is 13.0. The molecule has 0 spiro atoms. The second-order valence-corrected chi connectivity index (χ2v) is 5.57. The fraction of sp³-hybridized carbons (Fsp3) is 0.714. The lowest BCUT2D eigenvalue weighted by atomic mass is 10.1. The molecule has 1 aliphatic heterocycles. The molecule has 4 heteroatoms. The monoisotopic (exact) mass is 251 g/mol. The zero-order valence-electron chi connectivity index (χ0n) is 11.5. The SMILES string of the molecule is CC1CN(C)CC(CCN)N(Cc2ccco2)C1. The van der Waals surface area contributed by atoms with Gasteiger partial charge in [-0.25, -0.2) is 0 Å². The highest BCUT2D eigenvalue weighted by Crippen LogP contribution is 2.18. The van der Waals surface area contributed by atoms with Crippen LogP contribution in [0, 0.1) is 5.92 Å². The number of hydrogen-bond acceptors (Lipinski definition) is 4. The van der Waals surface area contributed by atoms with E-state index < -0.39 is 0 Å². The second kappa shape index (κ2) is 6.36. The van der Waals surface area contributed by atoms with Crippen molar-refractivity contribution < 1.29 is 4.42 Å². The van der Waals surface area contributed by atoms with Gasteiger partial charge in [0.15, 0.2) is 0 Å². The van der Waals surface area contributed by atoms with Gasteiger partial charge in [-0.15, -0.1) is 0 Å². The minimum Gasteiger partial charge on any atom is -0.468 e. The van der Waals surface area contributed by atoms with Crippen LogP contribution in [0.4, 0.5) is 0 Å². The van der Waals surface area contributed by atoms with Crippen molar-refractivity contribution in [2.75, 3.05) is 33.2 Å². The normalized spacial score (nSPS) is 27.3. The summed E-state index contributed by atoms with van der Waals surface area (Å²) in [6.07, 6.45) is 2.80. The number of nitrogens with two attached hydrogens (primary N) is 1. The van der Waals surface area contributed by atoms with Gasteiger partial charge in [0.25, 0.3) is 0 Å². The maximum atomic E-state index is 5.76. The number of furan rings is 1. The highest BCUT2D eigenvalue weighted by Gasteiger charge is 2.26. The highest BCUT2D eigenvalue weighted by molar-refractivity contribution is 4.99. The molecule has 2 atom stereocenters. The Bertz CT molecular complexity index is 339. The summed E-state index contributed by atoms with van der Waals surface area (Å²) in [6, 6.07) is 4.55. The summed E-state index contributed by atoms with van der Waals surface area (Å²) in [4.78, 5) is 4.95. The topological polar surface area (TPSA) is 45.6 Å². The second-order valence-electron chi connectivity index (χ2n) is 5.57. The van der Waals surface area contributed by atoms with Gasteiger partial charge < -0.3 is 15.1 Å². The summed E-state index contributed by atoms with van der Waals surface area (Å²) in [5.74, 6) is 1.74. The molecule has 1 aromatic rings. The predicted octanol–water partition coefficient (Wildman–Crippen LogP) is 1.38. The Morgan fingerprint density at radius 3 is 2.89 bits per heavy atom. The van der Waals surface area contributed by atoms with Crippen molar-refractivity contribution in [1.29, 1.82) is 0 Å². The van der Waals surface area contributed by atoms with Gasteiger partial charge in [-0.3, -0.25) is 4.90 Å². The van der Waals surface area contributed by atoms with E-state index in [2.05, 4.69) is 29.8 Å². The van der Waals surface area contributed by atoms with E-state index >= 15 is 0 Å². The van der Waals surface area contributed by atoms with Gasteiger partial charge >= 0.3 is 0 Å². The van der Waals surface area contributed by atoms with Crippen LogP contribution in [0.5, 0.6) is 0 Å². The molecule has 4 nitrogen and oxygen atoms in total. The molecule has 18 heavy (non-hydrogen) atoms. The molecule has 0 aliphatic carbocycles. The van der Waals surface area contributed by atoms with Crippen LogP contribution in [0.3, 0.4) is 0 Å². The molecule has 0 saturated carbocycles. The molecule has 2 N–H and O–H groups in total. The Labute approximate surface area is 110 Å². The van der Waals surface area contributed by atoms with Crippen LogP contribution in [-0.2, 0) is 6.54 Å². The van der Waals surface area contributed by atoms with Crippen LogP contribution in [0.25, 0.3) is 0 Å². The molecule has 1 fully saturated rings. The van der Waals surface area contributed by atoms with Gasteiger partial charge in [0.05, 0.1) is 12.8 Å². The number of hydrogen-bond donors (Lipinski definition) is 1. The van der Waals surface area contributed by atoms with Crippen LogP contribution in [0.1, 0.15) is 19.1 Å². The highest BCUT2D eigenvalue weighted by atomic mass is 16.3. The van der Waals surface area contributed by atoms with Crippen molar-refractivity contribution >= 4 is 0 Å². The van der Waals surface area contributed by atoms with E-state index in [9.17, 15) is 0 Å². The Morgan fingerprint density at radius 1 is 1.39 bits per heavy atom. The lowest BCUT2D eigenvalue weighted by molar-refractivity contribution is 0.155. The van der Waals surface area contributed by atoms with Gasteiger partial charge in [0.1, 0.15) is 5.76 Å². The van der Waals surface area contributed by atoms with E-state index in [1.807, 2.05) is 6.07 Å². The molecular formula is C14H25N3O. The van der Waals surface area contributed by atoms with Crippen molar-refractivity contribution in [3.8, 4) is 0 Å². The number of likely N-dealkylation sites (N-methyl/N-ethyl adjacent to an activating group) is 1. The quantitative estimate of drug-likeness (QED) is 0.878. The summed E-state index contributed by atoms with van der Waals surface area (Å²) >= 11 is 0. The van der Waals surface area contributed by atoms with E-state index in [1.54, 1.807) is 6.26 Å². The summed E-state index contributed by atoms with van der Waals surface area (Å²) < 4.78 is 5.48. The standard InChI is InChI=1S/C14H25N3O/c1-12-8-16(2)10-13(5-6-15)17(9-12)11-14-4-3-7-18-14/h3-4,7,12-13H,5-6,8-11,15H2,1-2H3. The molecule has 0 radical (unpaired) electrons. The largest absolute Gasteiger partial charge is 0.468 e. The van der Waals surface area contributed by atoms with Gasteiger partial charge in [-0.2, -0.15) is 0 Å². The van der Waals surface area contributed by atoms with Gasteiger partial charge in [0.2, 0.25) is 0 Å². The molecule has 0 aromatic carbocycles. The fourth-order valence-corrected chi connectivity index (χ4v) is 2.95. The molecule has 1 aromatic heterocycles. The predicted molar refractivity (Wildman–Crippen MR) is 73.2 cm³/mol. The van der Waals surface area contributed by atoms with E-state index in [-0.39, 0.29) is 0 Å². The van der Waals surface area contributed by atoms with Gasteiger partial charge in [0, 0.05) is 25.7 Å². The average molecular weight is 251 g/mol. The molecule has 0 bridgehead atoms. The van der Waals surface area contributed by atoms with E-state index in [0.29, 0.717) is 12.0 Å². The van der Waals surface area contributed by atoms with Gasteiger partial charge in [-0.1, -0.05) is 6.92 Å². The summed E-state index contributed by atoms with van der Waals surface area (Å²) in [5.41, 5.74) is 5.76. The van der Waals surface area contributed by atoms with Crippen molar-refractivity contribution in [3.63, 3.8) is 0 Å². The maximum absolute atomic E-state index is 5.76. The number of nitrogens with zero attached hydrogens (tertiary/aromatic N) is 2. The summed E-state index contributed by atoms with van der Waals surface area (Å²) in [6.45, 7) is 7.35. The molecule has 1 aliphatic rings. The first-order valence-corrected chi connectivity index (χ1v) is 6.84. The first-order valence-electron chi connectivity index (χ1n) is 6.84. The molecule has 2 heterocycles. The van der Waals surface area contributed by atoms with Crippen LogP contribution < -0.4 is 5.73 Å². The molecule has 1 saturated heterocycles. The molecule has 2 unspecified atom stereocenters. The first-order chi connectivity index (χ1) is 8.69. The van der Waals surface area contributed by atoms with Crippen molar-refractivity contribution in [2.24, 2.45) is 11.7 Å². The Balaban J connectivity index is 2.06. The van der Waals surface area contributed by atoms with E-state index in [1.165, 1.54) is 0 Å². The Morgan fingerprint density at radius 2 is 2.22 bits per heavy atom. The average Bonchev–Trinajstić information content (AvgIpc) is 2.75. The first kappa shape index (κ1) is 13.6. The van der Waals surface area contributed by atoms with Gasteiger partial charge in [-0.05, 0) is 38.1 Å². The lowest BCUT2D eigenvalue weighted by Gasteiger charge is -2.30. The Hall–Kier alpha value is -0.840. The zero-order valence-corrected chi connectivity index (χ0v) is 11.5. The third kappa shape index (κ3) is 3.57. The number of rotatable bonds is 4. The van der Waals surface area contributed by atoms with Crippen LogP contribution in [0.2, 0.25) is 0 Å². The lowest BCUT2D eigenvalue weighted by Crippen LogP contribution is -2.41. The summed E-state index contributed by atoms with van der Waals surface area (Å²) in [5, 5.41) is 0. The molecule has 2 rings (SSSR count). The van der Waals surface area contributed by atoms with E-state index in [0.717, 1.165) is 44.9 Å². The van der Waals surface area contributed by atoms with Crippen LogP contribution >= 0.6 is 0 Å². The third-order valence-corrected chi connectivity index (χ3v) is 3.65. The summed E-state index contributed by atoms with van der Waals surface area (Å²) in [7, 11) is 2.20. The van der Waals surface area contributed by atoms with Crippen LogP contribution in [0.15, 0.2) is 22.8 Å².